The van der Waals surface area contributed by atoms with E-state index in [2.05, 4.69) is 20.5 Å². The molecule has 0 aliphatic rings. The van der Waals surface area contributed by atoms with Gasteiger partial charge in [-0.3, -0.25) is 15.2 Å². The predicted molar refractivity (Wildman–Crippen MR) is 61.6 cm³/mol. The molecule has 0 unspecified atom stereocenters. The highest BCUT2D eigenvalue weighted by Crippen LogP contribution is 2.28. The van der Waals surface area contributed by atoms with Crippen LogP contribution in [0, 0.1) is 21.7 Å². The average Bonchev–Trinajstić information content (AvgIpc) is 2.80. The van der Waals surface area contributed by atoms with Crippen LogP contribution in [0.5, 0.6) is 0 Å². The minimum Gasteiger partial charge on any atom is -0.379 e. The number of nitrogens with one attached hydrogen (secondary N) is 2. The summed E-state index contributed by atoms with van der Waals surface area (Å²) in [5.74, 6) is -1.54. The molecule has 0 amide bonds. The Morgan fingerprint density at radius 1 is 1.42 bits per heavy atom. The molecule has 0 aliphatic heterocycles. The summed E-state index contributed by atoms with van der Waals surface area (Å²) in [5, 5.41) is 19.6. The molecule has 1 heterocycles. The number of nitrogens with zero attached hydrogens (tertiary/aromatic N) is 3. The van der Waals surface area contributed by atoms with Gasteiger partial charge in [-0.05, 0) is 0 Å². The molecule has 0 bridgehead atoms. The van der Waals surface area contributed by atoms with Crippen molar-refractivity contribution in [1.29, 1.82) is 0 Å². The second kappa shape index (κ2) is 5.38. The number of aromatic amines is 1. The minimum atomic E-state index is -1.22. The number of anilines is 1. The smallest absolute Gasteiger partial charge is 0.327 e. The van der Waals surface area contributed by atoms with Crippen molar-refractivity contribution in [3.05, 3.63) is 46.0 Å². The van der Waals surface area contributed by atoms with Gasteiger partial charge >= 0.3 is 5.69 Å². The molecule has 0 spiro atoms. The Morgan fingerprint density at radius 2 is 2.21 bits per heavy atom. The highest BCUT2D eigenvalue weighted by atomic mass is 19.1. The predicted octanol–water partition coefficient (Wildman–Crippen LogP) is 1.65. The van der Waals surface area contributed by atoms with Crippen LogP contribution < -0.4 is 5.32 Å². The van der Waals surface area contributed by atoms with Crippen molar-refractivity contribution in [2.24, 2.45) is 0 Å². The number of aromatic nitrogens is 3. The molecule has 19 heavy (non-hydrogen) atoms. The SMILES string of the molecule is O=[N+]([O-])c1c(F)cc(F)cc1NCCc1ncn[nH]1. The maximum atomic E-state index is 13.3. The van der Waals surface area contributed by atoms with Crippen LogP contribution in [0.4, 0.5) is 20.2 Å². The number of rotatable bonds is 5. The standard InChI is InChI=1S/C10H9F2N5O2/c11-6-3-7(12)10(17(18)19)8(4-6)13-2-1-9-14-5-15-16-9/h3-5,13H,1-2H2,(H,14,15,16). The Kier molecular flexibility index (Phi) is 3.64. The molecular weight excluding hydrogens is 260 g/mol. The van der Waals surface area contributed by atoms with E-state index in [-0.39, 0.29) is 12.2 Å². The van der Waals surface area contributed by atoms with Crippen molar-refractivity contribution in [3.63, 3.8) is 0 Å². The number of hydrogen-bond acceptors (Lipinski definition) is 5. The van der Waals surface area contributed by atoms with E-state index in [1.165, 1.54) is 6.33 Å². The fourth-order valence-corrected chi connectivity index (χ4v) is 1.55. The van der Waals surface area contributed by atoms with Crippen molar-refractivity contribution in [2.75, 3.05) is 11.9 Å². The third kappa shape index (κ3) is 3.00. The summed E-state index contributed by atoms with van der Waals surface area (Å²) >= 11 is 0. The zero-order valence-corrected chi connectivity index (χ0v) is 9.56. The lowest BCUT2D eigenvalue weighted by Crippen LogP contribution is -2.09. The molecule has 0 atom stereocenters. The third-order valence-electron chi connectivity index (χ3n) is 2.35. The van der Waals surface area contributed by atoms with Gasteiger partial charge in [0.1, 0.15) is 23.7 Å². The summed E-state index contributed by atoms with van der Waals surface area (Å²) in [6.07, 6.45) is 1.70. The summed E-state index contributed by atoms with van der Waals surface area (Å²) in [6, 6.07) is 1.35. The Hall–Kier alpha value is -2.58. The normalized spacial score (nSPS) is 10.4. The molecule has 2 rings (SSSR count). The lowest BCUT2D eigenvalue weighted by molar-refractivity contribution is -0.386. The topological polar surface area (TPSA) is 96.7 Å². The highest BCUT2D eigenvalue weighted by molar-refractivity contribution is 5.62. The van der Waals surface area contributed by atoms with Gasteiger partial charge in [0.15, 0.2) is 0 Å². The van der Waals surface area contributed by atoms with Crippen molar-refractivity contribution in [2.45, 2.75) is 6.42 Å². The van der Waals surface area contributed by atoms with E-state index in [4.69, 9.17) is 0 Å². The Morgan fingerprint density at radius 3 is 2.84 bits per heavy atom. The first-order chi connectivity index (χ1) is 9.08. The number of H-pyrrole nitrogens is 1. The van der Waals surface area contributed by atoms with Gasteiger partial charge < -0.3 is 5.32 Å². The lowest BCUT2D eigenvalue weighted by atomic mass is 10.2. The van der Waals surface area contributed by atoms with Crippen LogP contribution >= 0.6 is 0 Å². The van der Waals surface area contributed by atoms with Gasteiger partial charge in [0.05, 0.1) is 4.92 Å². The molecule has 100 valence electrons. The highest BCUT2D eigenvalue weighted by Gasteiger charge is 2.21. The number of halogens is 2. The summed E-state index contributed by atoms with van der Waals surface area (Å²) in [7, 11) is 0. The number of nitro groups is 1. The van der Waals surface area contributed by atoms with Crippen LogP contribution in [0.25, 0.3) is 0 Å². The molecule has 0 radical (unpaired) electrons. The van der Waals surface area contributed by atoms with E-state index in [9.17, 15) is 18.9 Å². The van der Waals surface area contributed by atoms with Gasteiger partial charge in [0.25, 0.3) is 0 Å². The van der Waals surface area contributed by atoms with Gasteiger partial charge in [0, 0.05) is 25.1 Å². The molecule has 2 N–H and O–H groups in total. The molecule has 1 aromatic heterocycles. The maximum absolute atomic E-state index is 13.3. The molecule has 0 fully saturated rings. The number of nitro benzene ring substituents is 1. The lowest BCUT2D eigenvalue weighted by Gasteiger charge is -2.06. The second-order valence-electron chi connectivity index (χ2n) is 3.65. The average molecular weight is 269 g/mol. The van der Waals surface area contributed by atoms with Crippen LogP contribution in [0.3, 0.4) is 0 Å². The van der Waals surface area contributed by atoms with Gasteiger partial charge in [0.2, 0.25) is 5.82 Å². The fraction of sp³-hybridized carbons (Fsp3) is 0.200. The minimum absolute atomic E-state index is 0.206. The largest absolute Gasteiger partial charge is 0.379 e. The molecule has 2 aromatic rings. The first-order valence-electron chi connectivity index (χ1n) is 5.29. The summed E-state index contributed by atoms with van der Waals surface area (Å²) in [4.78, 5) is 13.7. The van der Waals surface area contributed by atoms with Crippen LogP contribution in [0.2, 0.25) is 0 Å². The summed E-state index contributed by atoms with van der Waals surface area (Å²) < 4.78 is 26.4. The van der Waals surface area contributed by atoms with Crippen LogP contribution in [0.15, 0.2) is 18.5 Å². The van der Waals surface area contributed by atoms with Crippen molar-refractivity contribution in [1.82, 2.24) is 15.2 Å². The number of hydrogen-bond donors (Lipinski definition) is 2. The quantitative estimate of drug-likeness (QED) is 0.635. The van der Waals surface area contributed by atoms with E-state index < -0.39 is 22.2 Å². The summed E-state index contributed by atoms with van der Waals surface area (Å²) in [6.45, 7) is 0.221. The van der Waals surface area contributed by atoms with Crippen molar-refractivity contribution in [3.8, 4) is 0 Å². The van der Waals surface area contributed by atoms with Crippen LogP contribution in [0.1, 0.15) is 5.82 Å². The monoisotopic (exact) mass is 269 g/mol. The third-order valence-corrected chi connectivity index (χ3v) is 2.35. The molecular formula is C10H9F2N5O2. The number of benzene rings is 1. The first kappa shape index (κ1) is 12.9. The van der Waals surface area contributed by atoms with E-state index in [1.807, 2.05) is 0 Å². The maximum Gasteiger partial charge on any atom is 0.327 e. The van der Waals surface area contributed by atoms with Gasteiger partial charge in [-0.1, -0.05) is 0 Å². The molecule has 9 heteroatoms. The Bertz CT molecular complexity index is 588. The molecule has 0 saturated heterocycles. The molecule has 0 aliphatic carbocycles. The molecule has 7 nitrogen and oxygen atoms in total. The molecule has 0 saturated carbocycles. The van der Waals surface area contributed by atoms with Gasteiger partial charge in [-0.25, -0.2) is 9.37 Å². The van der Waals surface area contributed by atoms with Gasteiger partial charge in [-0.15, -0.1) is 0 Å². The van der Waals surface area contributed by atoms with Crippen molar-refractivity contribution < 1.29 is 13.7 Å². The molecule has 1 aromatic carbocycles. The first-order valence-corrected chi connectivity index (χ1v) is 5.29. The van der Waals surface area contributed by atoms with E-state index in [0.29, 0.717) is 18.3 Å². The van der Waals surface area contributed by atoms with E-state index in [1.54, 1.807) is 0 Å². The zero-order chi connectivity index (χ0) is 13.8. The Labute approximate surface area is 105 Å². The summed E-state index contributed by atoms with van der Waals surface area (Å²) in [5.41, 5.74) is -0.985. The zero-order valence-electron chi connectivity index (χ0n) is 9.56. The Balaban J connectivity index is 2.12. The second-order valence-corrected chi connectivity index (χ2v) is 3.65. The van der Waals surface area contributed by atoms with Crippen LogP contribution in [-0.2, 0) is 6.42 Å². The fourth-order valence-electron chi connectivity index (χ4n) is 1.55. The van der Waals surface area contributed by atoms with Gasteiger partial charge in [-0.2, -0.15) is 9.49 Å². The van der Waals surface area contributed by atoms with Crippen molar-refractivity contribution >= 4 is 11.4 Å². The van der Waals surface area contributed by atoms with E-state index >= 15 is 0 Å². The van der Waals surface area contributed by atoms with E-state index in [0.717, 1.165) is 6.07 Å². The van der Waals surface area contributed by atoms with Crippen LogP contribution in [-0.4, -0.2) is 26.6 Å².